The van der Waals surface area contributed by atoms with E-state index in [9.17, 15) is 9.18 Å². The Balaban J connectivity index is 1.63. The summed E-state index contributed by atoms with van der Waals surface area (Å²) in [5.74, 6) is 0.506. The minimum absolute atomic E-state index is 0.0737. The Morgan fingerprint density at radius 2 is 2.00 bits per heavy atom. The van der Waals surface area contributed by atoms with Crippen LogP contribution < -0.4 is 4.74 Å². The monoisotopic (exact) mass is 430 g/mol. The number of methoxy groups -OCH3 is 1. The number of carbonyl (C=O) groups is 1. The minimum atomic E-state index is -0.426. The number of rotatable bonds is 8. The third-order valence-electron chi connectivity index (χ3n) is 4.41. The fourth-order valence-corrected chi connectivity index (χ4v) is 4.37. The molecule has 3 rings (SSSR count). The molecule has 0 saturated heterocycles. The molecule has 0 aliphatic rings. The highest BCUT2D eigenvalue weighted by Gasteiger charge is 2.15. The molecule has 0 unspecified atom stereocenters. The normalized spacial score (nSPS) is 10.8. The average molecular weight is 431 g/mol. The van der Waals surface area contributed by atoms with Gasteiger partial charge >= 0.3 is 0 Å². The van der Waals surface area contributed by atoms with Crippen molar-refractivity contribution in [2.45, 2.75) is 31.0 Å². The topological polar surface area (TPSA) is 42.4 Å². The molecule has 29 heavy (non-hydrogen) atoms. The van der Waals surface area contributed by atoms with Gasteiger partial charge in [-0.15, -0.1) is 23.1 Å². The predicted octanol–water partition coefficient (Wildman–Crippen LogP) is 5.55. The number of benzene rings is 2. The van der Waals surface area contributed by atoms with Gasteiger partial charge in [0, 0.05) is 34.7 Å². The van der Waals surface area contributed by atoms with E-state index in [1.165, 1.54) is 13.2 Å². The van der Waals surface area contributed by atoms with Gasteiger partial charge in [-0.05, 0) is 55.8 Å². The van der Waals surface area contributed by atoms with Gasteiger partial charge in [0.2, 0.25) is 0 Å². The van der Waals surface area contributed by atoms with Gasteiger partial charge in [-0.25, -0.2) is 9.37 Å². The fourth-order valence-electron chi connectivity index (χ4n) is 2.86. The largest absolute Gasteiger partial charge is 0.494 e. The lowest BCUT2D eigenvalue weighted by Crippen LogP contribution is -2.30. The van der Waals surface area contributed by atoms with Gasteiger partial charge in [0.05, 0.1) is 17.8 Å². The Morgan fingerprint density at radius 3 is 2.59 bits per heavy atom. The standard InChI is InChI=1S/C22H23FN2O2S2/c1-4-25(12-16-5-10-21(27-3)20(23)11-16)22(26)17-6-8-19(9-7-17)29-14-18-13-28-15(2)24-18/h5-11,13H,4,12,14H2,1-3H3. The molecule has 0 aliphatic carbocycles. The van der Waals surface area contributed by atoms with Crippen molar-refractivity contribution >= 4 is 29.0 Å². The number of aryl methyl sites for hydroxylation is 1. The van der Waals surface area contributed by atoms with Crippen molar-refractivity contribution in [2.24, 2.45) is 0 Å². The van der Waals surface area contributed by atoms with Crippen molar-refractivity contribution in [3.8, 4) is 5.75 Å². The van der Waals surface area contributed by atoms with Gasteiger partial charge in [0.1, 0.15) is 0 Å². The zero-order valence-corrected chi connectivity index (χ0v) is 18.3. The van der Waals surface area contributed by atoms with Gasteiger partial charge in [-0.2, -0.15) is 0 Å². The van der Waals surface area contributed by atoms with E-state index in [4.69, 9.17) is 4.74 Å². The first-order valence-electron chi connectivity index (χ1n) is 9.25. The van der Waals surface area contributed by atoms with Crippen LogP contribution in [0, 0.1) is 12.7 Å². The highest BCUT2D eigenvalue weighted by molar-refractivity contribution is 7.98. The lowest BCUT2D eigenvalue weighted by molar-refractivity contribution is 0.0752. The number of halogens is 1. The van der Waals surface area contributed by atoms with Crippen molar-refractivity contribution in [1.82, 2.24) is 9.88 Å². The first-order chi connectivity index (χ1) is 14.0. The van der Waals surface area contributed by atoms with Crippen LogP contribution in [0.3, 0.4) is 0 Å². The van der Waals surface area contributed by atoms with Crippen molar-refractivity contribution in [1.29, 1.82) is 0 Å². The van der Waals surface area contributed by atoms with Crippen LogP contribution in [0.2, 0.25) is 0 Å². The second-order valence-electron chi connectivity index (χ2n) is 6.46. The number of carbonyl (C=O) groups excluding carboxylic acids is 1. The van der Waals surface area contributed by atoms with Crippen LogP contribution in [-0.2, 0) is 12.3 Å². The first-order valence-corrected chi connectivity index (χ1v) is 11.1. The minimum Gasteiger partial charge on any atom is -0.494 e. The van der Waals surface area contributed by atoms with E-state index in [1.807, 2.05) is 38.1 Å². The molecule has 0 spiro atoms. The molecule has 0 radical (unpaired) electrons. The molecule has 2 aromatic carbocycles. The molecule has 7 heteroatoms. The third-order valence-corrected chi connectivity index (χ3v) is 6.28. The molecule has 0 atom stereocenters. The van der Waals surface area contributed by atoms with Crippen molar-refractivity contribution in [3.05, 3.63) is 75.5 Å². The van der Waals surface area contributed by atoms with E-state index in [2.05, 4.69) is 10.4 Å². The fraction of sp³-hybridized carbons (Fsp3) is 0.273. The number of aromatic nitrogens is 1. The number of hydrogen-bond acceptors (Lipinski definition) is 5. The number of thioether (sulfide) groups is 1. The molecule has 1 heterocycles. The molecule has 0 fully saturated rings. The van der Waals surface area contributed by atoms with E-state index < -0.39 is 5.82 Å². The molecular weight excluding hydrogens is 407 g/mol. The molecule has 152 valence electrons. The Hall–Kier alpha value is -2.38. The molecule has 1 amide bonds. The molecule has 0 bridgehead atoms. The Bertz CT molecular complexity index is 973. The number of thiazole rings is 1. The van der Waals surface area contributed by atoms with Crippen LogP contribution in [0.5, 0.6) is 5.75 Å². The molecule has 0 aliphatic heterocycles. The van der Waals surface area contributed by atoms with Crippen LogP contribution in [0.4, 0.5) is 4.39 Å². The van der Waals surface area contributed by atoms with Gasteiger partial charge < -0.3 is 9.64 Å². The second kappa shape index (κ2) is 9.89. The van der Waals surface area contributed by atoms with Crippen LogP contribution in [0.15, 0.2) is 52.7 Å². The first kappa shape index (κ1) is 21.3. The highest BCUT2D eigenvalue weighted by atomic mass is 32.2. The summed E-state index contributed by atoms with van der Waals surface area (Å²) in [7, 11) is 1.43. The molecular formula is C22H23FN2O2S2. The van der Waals surface area contributed by atoms with E-state index >= 15 is 0 Å². The maximum absolute atomic E-state index is 13.9. The maximum atomic E-state index is 13.9. The summed E-state index contributed by atoms with van der Waals surface area (Å²) in [6.45, 7) is 4.79. The smallest absolute Gasteiger partial charge is 0.254 e. The van der Waals surface area contributed by atoms with E-state index in [1.54, 1.807) is 40.1 Å². The Morgan fingerprint density at radius 1 is 1.24 bits per heavy atom. The molecule has 0 N–H and O–H groups in total. The van der Waals surface area contributed by atoms with Crippen molar-refractivity contribution in [2.75, 3.05) is 13.7 Å². The van der Waals surface area contributed by atoms with Crippen LogP contribution in [-0.4, -0.2) is 29.4 Å². The molecule has 1 aromatic heterocycles. The Labute approximate surface area is 178 Å². The van der Waals surface area contributed by atoms with E-state index in [-0.39, 0.29) is 11.7 Å². The number of nitrogens with zero attached hydrogens (tertiary/aromatic N) is 2. The summed E-state index contributed by atoms with van der Waals surface area (Å²) in [4.78, 5) is 20.1. The third kappa shape index (κ3) is 5.58. The van der Waals surface area contributed by atoms with E-state index in [0.29, 0.717) is 18.7 Å². The van der Waals surface area contributed by atoms with Crippen LogP contribution >= 0.6 is 23.1 Å². The van der Waals surface area contributed by atoms with E-state index in [0.717, 1.165) is 26.9 Å². The predicted molar refractivity (Wildman–Crippen MR) is 116 cm³/mol. The highest BCUT2D eigenvalue weighted by Crippen LogP contribution is 2.24. The van der Waals surface area contributed by atoms with Crippen LogP contribution in [0.1, 0.15) is 33.5 Å². The lowest BCUT2D eigenvalue weighted by atomic mass is 10.1. The van der Waals surface area contributed by atoms with Gasteiger partial charge in [-0.1, -0.05) is 6.07 Å². The summed E-state index contributed by atoms with van der Waals surface area (Å²) in [6.07, 6.45) is 0. The zero-order chi connectivity index (χ0) is 20.8. The summed E-state index contributed by atoms with van der Waals surface area (Å²) in [6, 6.07) is 12.4. The summed E-state index contributed by atoms with van der Waals surface area (Å²) in [5, 5.41) is 3.14. The van der Waals surface area contributed by atoms with Crippen molar-refractivity contribution < 1.29 is 13.9 Å². The quantitative estimate of drug-likeness (QED) is 0.439. The summed E-state index contributed by atoms with van der Waals surface area (Å²) < 4.78 is 18.9. The van der Waals surface area contributed by atoms with Crippen LogP contribution in [0.25, 0.3) is 0 Å². The summed E-state index contributed by atoms with van der Waals surface area (Å²) >= 11 is 3.34. The number of ether oxygens (including phenoxy) is 1. The van der Waals surface area contributed by atoms with Gasteiger partial charge in [0.15, 0.2) is 11.6 Å². The molecule has 0 saturated carbocycles. The van der Waals surface area contributed by atoms with Gasteiger partial charge in [0.25, 0.3) is 5.91 Å². The average Bonchev–Trinajstić information content (AvgIpc) is 3.15. The summed E-state index contributed by atoms with van der Waals surface area (Å²) in [5.41, 5.74) is 2.42. The van der Waals surface area contributed by atoms with Crippen molar-refractivity contribution in [3.63, 3.8) is 0 Å². The lowest BCUT2D eigenvalue weighted by Gasteiger charge is -2.21. The SMILES string of the molecule is CCN(Cc1ccc(OC)c(F)c1)C(=O)c1ccc(SCc2csc(C)n2)cc1. The second-order valence-corrected chi connectivity index (χ2v) is 8.57. The maximum Gasteiger partial charge on any atom is 0.254 e. The number of amides is 1. The zero-order valence-electron chi connectivity index (χ0n) is 16.6. The molecule has 4 nitrogen and oxygen atoms in total. The molecule has 3 aromatic rings. The Kier molecular flexibility index (Phi) is 7.28. The number of hydrogen-bond donors (Lipinski definition) is 0. The van der Waals surface area contributed by atoms with Gasteiger partial charge in [-0.3, -0.25) is 4.79 Å².